The molecule has 0 heterocycles. The number of benzene rings is 1. The molecule has 0 aromatic heterocycles. The van der Waals surface area contributed by atoms with Crippen molar-refractivity contribution < 1.29 is 14.7 Å². The Balaban J connectivity index is 2.74. The molecule has 5 heteroatoms. The summed E-state index contributed by atoms with van der Waals surface area (Å²) in [5.74, 6) is 0.463. The molecule has 1 rings (SSSR count). The number of nitrogens with one attached hydrogen (secondary N) is 1. The van der Waals surface area contributed by atoms with E-state index >= 15 is 0 Å². The van der Waals surface area contributed by atoms with Crippen LogP contribution in [-0.4, -0.2) is 23.0 Å². The fraction of sp³-hybridized carbons (Fsp3) is 0.286. The van der Waals surface area contributed by atoms with E-state index in [0.29, 0.717) is 5.56 Å². The second kappa shape index (κ2) is 6.57. The largest absolute Gasteiger partial charge is 0.480 e. The molecule has 0 saturated carbocycles. The van der Waals surface area contributed by atoms with Gasteiger partial charge in [0, 0.05) is 6.42 Å². The fourth-order valence-corrected chi connectivity index (χ4v) is 1.50. The Kier molecular flexibility index (Phi) is 5.10. The summed E-state index contributed by atoms with van der Waals surface area (Å²) in [5.41, 5.74) is 7.44. The zero-order valence-corrected chi connectivity index (χ0v) is 10.6. The van der Waals surface area contributed by atoms with Crippen LogP contribution in [0.15, 0.2) is 24.3 Å². The molecule has 0 aliphatic rings. The van der Waals surface area contributed by atoms with Crippen molar-refractivity contribution in [2.24, 2.45) is 5.73 Å². The van der Waals surface area contributed by atoms with Crippen LogP contribution in [0, 0.1) is 19.3 Å². The Hall–Kier alpha value is -2.32. The number of aliphatic carboxylic acids is 1. The highest BCUT2D eigenvalue weighted by Crippen LogP contribution is 2.12. The molecule has 1 amide bonds. The van der Waals surface area contributed by atoms with Crippen LogP contribution in [0.2, 0.25) is 0 Å². The van der Waals surface area contributed by atoms with Crippen molar-refractivity contribution in [3.05, 3.63) is 35.4 Å². The van der Waals surface area contributed by atoms with Crippen LogP contribution < -0.4 is 11.1 Å². The van der Waals surface area contributed by atoms with Gasteiger partial charge in [0.25, 0.3) is 0 Å². The van der Waals surface area contributed by atoms with Gasteiger partial charge in [0.2, 0.25) is 5.91 Å². The van der Waals surface area contributed by atoms with E-state index in [1.807, 2.05) is 19.1 Å². The number of aryl methyl sites for hydroxylation is 1. The van der Waals surface area contributed by atoms with Gasteiger partial charge in [-0.2, -0.15) is 0 Å². The molecule has 100 valence electrons. The summed E-state index contributed by atoms with van der Waals surface area (Å²) in [6.07, 6.45) is 4.97. The fourth-order valence-electron chi connectivity index (χ4n) is 1.50. The number of carboxylic acids is 1. The normalized spacial score (nSPS) is 13.1. The average Bonchev–Trinajstić information content (AvgIpc) is 2.38. The predicted molar refractivity (Wildman–Crippen MR) is 71.1 cm³/mol. The van der Waals surface area contributed by atoms with Crippen LogP contribution in [0.3, 0.4) is 0 Å². The Labute approximate surface area is 111 Å². The molecule has 1 aromatic rings. The molecule has 1 aromatic carbocycles. The number of hydrogen-bond donors (Lipinski definition) is 3. The molecule has 0 aliphatic heterocycles. The Morgan fingerprint density at radius 3 is 2.47 bits per heavy atom. The monoisotopic (exact) mass is 260 g/mol. The van der Waals surface area contributed by atoms with E-state index in [0.717, 1.165) is 5.56 Å². The smallest absolute Gasteiger partial charge is 0.327 e. The van der Waals surface area contributed by atoms with Crippen molar-refractivity contribution in [3.8, 4) is 12.3 Å². The number of amides is 1. The van der Waals surface area contributed by atoms with Gasteiger partial charge in [-0.3, -0.25) is 4.79 Å². The van der Waals surface area contributed by atoms with E-state index < -0.39 is 24.0 Å². The first-order chi connectivity index (χ1) is 8.95. The van der Waals surface area contributed by atoms with E-state index in [9.17, 15) is 9.59 Å². The minimum absolute atomic E-state index is 0.0817. The van der Waals surface area contributed by atoms with E-state index in [1.54, 1.807) is 12.1 Å². The Morgan fingerprint density at radius 2 is 2.00 bits per heavy atom. The number of carbonyl (C=O) groups is 2. The molecule has 0 spiro atoms. The van der Waals surface area contributed by atoms with Gasteiger partial charge in [0.1, 0.15) is 12.1 Å². The lowest BCUT2D eigenvalue weighted by atomic mass is 10.0. The van der Waals surface area contributed by atoms with Gasteiger partial charge in [0.05, 0.1) is 0 Å². The third kappa shape index (κ3) is 4.12. The van der Waals surface area contributed by atoms with Crippen molar-refractivity contribution in [2.45, 2.75) is 25.4 Å². The van der Waals surface area contributed by atoms with E-state index in [1.165, 1.54) is 0 Å². The molecule has 0 bridgehead atoms. The zero-order chi connectivity index (χ0) is 14.4. The third-order valence-corrected chi connectivity index (χ3v) is 2.66. The lowest BCUT2D eigenvalue weighted by Crippen LogP contribution is -2.44. The van der Waals surface area contributed by atoms with Crippen LogP contribution >= 0.6 is 0 Å². The molecular formula is C14H16N2O3. The SMILES string of the molecule is C#CCC(NC(=O)C(N)c1ccc(C)cc1)C(=O)O. The molecule has 5 nitrogen and oxygen atoms in total. The van der Waals surface area contributed by atoms with Crippen LogP contribution in [0.1, 0.15) is 23.6 Å². The van der Waals surface area contributed by atoms with Gasteiger partial charge < -0.3 is 16.2 Å². The molecule has 0 radical (unpaired) electrons. The maximum absolute atomic E-state index is 11.9. The summed E-state index contributed by atoms with van der Waals surface area (Å²) in [4.78, 5) is 22.7. The first-order valence-electron chi connectivity index (χ1n) is 5.74. The average molecular weight is 260 g/mol. The van der Waals surface area contributed by atoms with Gasteiger partial charge in [-0.25, -0.2) is 4.79 Å². The molecule has 2 unspecified atom stereocenters. The minimum Gasteiger partial charge on any atom is -0.480 e. The van der Waals surface area contributed by atoms with Gasteiger partial charge in [0.15, 0.2) is 0 Å². The highest BCUT2D eigenvalue weighted by atomic mass is 16.4. The molecule has 2 atom stereocenters. The van der Waals surface area contributed by atoms with Crippen molar-refractivity contribution >= 4 is 11.9 Å². The molecule has 19 heavy (non-hydrogen) atoms. The third-order valence-electron chi connectivity index (χ3n) is 2.66. The van der Waals surface area contributed by atoms with Crippen LogP contribution in [-0.2, 0) is 9.59 Å². The number of rotatable bonds is 5. The van der Waals surface area contributed by atoms with Gasteiger partial charge in [-0.15, -0.1) is 12.3 Å². The quantitative estimate of drug-likeness (QED) is 0.675. The van der Waals surface area contributed by atoms with E-state index in [-0.39, 0.29) is 6.42 Å². The number of nitrogens with two attached hydrogens (primary N) is 1. The summed E-state index contributed by atoms with van der Waals surface area (Å²) in [6, 6.07) is 5.10. The summed E-state index contributed by atoms with van der Waals surface area (Å²) < 4.78 is 0. The topological polar surface area (TPSA) is 92.4 Å². The number of terminal acetylenes is 1. The lowest BCUT2D eigenvalue weighted by molar-refractivity contribution is -0.141. The van der Waals surface area contributed by atoms with E-state index in [2.05, 4.69) is 11.2 Å². The maximum Gasteiger partial charge on any atom is 0.327 e. The van der Waals surface area contributed by atoms with Crippen molar-refractivity contribution in [2.75, 3.05) is 0 Å². The van der Waals surface area contributed by atoms with Crippen LogP contribution in [0.4, 0.5) is 0 Å². The van der Waals surface area contributed by atoms with E-state index in [4.69, 9.17) is 17.3 Å². The summed E-state index contributed by atoms with van der Waals surface area (Å²) in [6.45, 7) is 1.92. The number of carbonyl (C=O) groups excluding carboxylic acids is 1. The second-order valence-electron chi connectivity index (χ2n) is 4.20. The molecule has 4 N–H and O–H groups in total. The van der Waals surface area contributed by atoms with Crippen molar-refractivity contribution in [1.82, 2.24) is 5.32 Å². The van der Waals surface area contributed by atoms with Crippen LogP contribution in [0.5, 0.6) is 0 Å². The molecule has 0 saturated heterocycles. The first-order valence-corrected chi connectivity index (χ1v) is 5.74. The summed E-state index contributed by atoms with van der Waals surface area (Å²) >= 11 is 0. The van der Waals surface area contributed by atoms with Gasteiger partial charge >= 0.3 is 5.97 Å². The van der Waals surface area contributed by atoms with Crippen molar-refractivity contribution in [1.29, 1.82) is 0 Å². The molecule has 0 fully saturated rings. The highest BCUT2D eigenvalue weighted by molar-refractivity contribution is 5.87. The predicted octanol–water partition coefficient (Wildman–Crippen LogP) is 0.588. The second-order valence-corrected chi connectivity index (χ2v) is 4.20. The Bertz CT molecular complexity index is 502. The van der Waals surface area contributed by atoms with Gasteiger partial charge in [-0.1, -0.05) is 29.8 Å². The molecule has 0 aliphatic carbocycles. The standard InChI is InChI=1S/C14H16N2O3/c1-3-4-11(14(18)19)16-13(17)12(15)10-7-5-9(2)6-8-10/h1,5-8,11-12H,4,15H2,2H3,(H,16,17)(H,18,19). The van der Waals surface area contributed by atoms with Crippen LogP contribution in [0.25, 0.3) is 0 Å². The number of hydrogen-bond acceptors (Lipinski definition) is 3. The zero-order valence-electron chi connectivity index (χ0n) is 10.6. The Morgan fingerprint density at radius 1 is 1.42 bits per heavy atom. The lowest BCUT2D eigenvalue weighted by Gasteiger charge is -2.16. The first kappa shape index (κ1) is 14.7. The maximum atomic E-state index is 11.9. The number of carboxylic acid groups (broad SMARTS) is 1. The van der Waals surface area contributed by atoms with Crippen molar-refractivity contribution in [3.63, 3.8) is 0 Å². The summed E-state index contributed by atoms with van der Waals surface area (Å²) in [5, 5.41) is 11.2. The highest BCUT2D eigenvalue weighted by Gasteiger charge is 2.23. The molecular weight excluding hydrogens is 244 g/mol. The summed E-state index contributed by atoms with van der Waals surface area (Å²) in [7, 11) is 0. The van der Waals surface area contributed by atoms with Gasteiger partial charge in [-0.05, 0) is 12.5 Å². The minimum atomic E-state index is -1.18.